The van der Waals surface area contributed by atoms with Crippen molar-refractivity contribution in [2.75, 3.05) is 0 Å². The van der Waals surface area contributed by atoms with Crippen molar-refractivity contribution in [3.8, 4) is 22.3 Å². The van der Waals surface area contributed by atoms with E-state index in [4.69, 9.17) is 4.42 Å². The van der Waals surface area contributed by atoms with Crippen LogP contribution in [0.15, 0.2) is 150 Å². The maximum atomic E-state index is 6.86. The van der Waals surface area contributed by atoms with Gasteiger partial charge in [-0.15, -0.1) is 11.3 Å². The van der Waals surface area contributed by atoms with Crippen LogP contribution in [0.4, 0.5) is 0 Å². The highest BCUT2D eigenvalue weighted by Crippen LogP contribution is 2.49. The van der Waals surface area contributed by atoms with Gasteiger partial charge >= 0.3 is 0 Å². The summed E-state index contributed by atoms with van der Waals surface area (Å²) in [4.78, 5) is 0. The second kappa shape index (κ2) is 9.03. The molecule has 204 valence electrons. The van der Waals surface area contributed by atoms with E-state index in [1.807, 2.05) is 11.3 Å². The molecule has 2 heterocycles. The normalized spacial score (nSPS) is 12.1. The van der Waals surface area contributed by atoms with Gasteiger partial charge in [0.25, 0.3) is 0 Å². The molecule has 1 nitrogen and oxygen atoms in total. The number of thiophene rings is 1. The molecule has 0 amide bonds. The number of fused-ring (bicyclic) bond motifs is 10. The minimum atomic E-state index is 0.938. The monoisotopic (exact) mass is 576 g/mol. The summed E-state index contributed by atoms with van der Waals surface area (Å²) >= 11 is 1.87. The third-order valence-corrected chi connectivity index (χ3v) is 10.4. The van der Waals surface area contributed by atoms with Crippen LogP contribution in [0.5, 0.6) is 0 Å². The van der Waals surface area contributed by atoms with Crippen molar-refractivity contribution >= 4 is 85.8 Å². The van der Waals surface area contributed by atoms with E-state index in [-0.39, 0.29) is 0 Å². The summed E-state index contributed by atoms with van der Waals surface area (Å²) in [5, 5.41) is 12.3. The summed E-state index contributed by atoms with van der Waals surface area (Å²) in [5.74, 6) is 0. The van der Waals surface area contributed by atoms with Gasteiger partial charge in [0.2, 0.25) is 0 Å². The number of furan rings is 1. The topological polar surface area (TPSA) is 13.1 Å². The molecule has 0 radical (unpaired) electrons. The van der Waals surface area contributed by atoms with E-state index in [0.717, 1.165) is 32.9 Å². The lowest BCUT2D eigenvalue weighted by atomic mass is 9.84. The molecule has 0 saturated carbocycles. The van der Waals surface area contributed by atoms with Gasteiger partial charge in [-0.2, -0.15) is 0 Å². The fraction of sp³-hybridized carbons (Fsp3) is 0. The van der Waals surface area contributed by atoms with Gasteiger partial charge in [0.05, 0.1) is 0 Å². The van der Waals surface area contributed by atoms with Crippen LogP contribution in [0.2, 0.25) is 0 Å². The Morgan fingerprint density at radius 1 is 0.341 bits per heavy atom. The molecule has 0 N–H and O–H groups in total. The molecule has 0 saturated heterocycles. The first-order valence-corrected chi connectivity index (χ1v) is 15.8. The van der Waals surface area contributed by atoms with Crippen LogP contribution in [-0.2, 0) is 0 Å². The van der Waals surface area contributed by atoms with Gasteiger partial charge in [0.15, 0.2) is 0 Å². The van der Waals surface area contributed by atoms with E-state index in [0.29, 0.717) is 0 Å². The van der Waals surface area contributed by atoms with E-state index in [2.05, 4.69) is 146 Å². The van der Waals surface area contributed by atoms with Crippen molar-refractivity contribution in [2.24, 2.45) is 0 Å². The average Bonchev–Trinajstić information content (AvgIpc) is 3.66. The van der Waals surface area contributed by atoms with Crippen molar-refractivity contribution in [2.45, 2.75) is 0 Å². The molecule has 0 bridgehead atoms. The highest BCUT2D eigenvalue weighted by atomic mass is 32.1. The first-order valence-electron chi connectivity index (χ1n) is 15.0. The molecule has 10 rings (SSSR count). The van der Waals surface area contributed by atoms with Crippen LogP contribution in [0.25, 0.3) is 96.7 Å². The highest BCUT2D eigenvalue weighted by Gasteiger charge is 2.22. The number of hydrogen-bond donors (Lipinski definition) is 0. The Bertz CT molecular complexity index is 2720. The zero-order chi connectivity index (χ0) is 28.8. The quantitative estimate of drug-likeness (QED) is 0.187. The van der Waals surface area contributed by atoms with Gasteiger partial charge < -0.3 is 4.42 Å². The van der Waals surface area contributed by atoms with Gasteiger partial charge in [0, 0.05) is 47.5 Å². The van der Waals surface area contributed by atoms with Gasteiger partial charge in [-0.25, -0.2) is 0 Å². The minimum Gasteiger partial charge on any atom is -0.455 e. The molecular formula is C42H24OS. The molecule has 2 heteroatoms. The van der Waals surface area contributed by atoms with E-state index < -0.39 is 0 Å². The first kappa shape index (κ1) is 24.0. The smallest absolute Gasteiger partial charge is 0.143 e. The molecule has 10 aromatic rings. The molecule has 0 unspecified atom stereocenters. The van der Waals surface area contributed by atoms with Crippen molar-refractivity contribution in [1.29, 1.82) is 0 Å². The van der Waals surface area contributed by atoms with Crippen molar-refractivity contribution in [1.82, 2.24) is 0 Å². The Hall–Kier alpha value is -5.44. The van der Waals surface area contributed by atoms with E-state index in [1.54, 1.807) is 0 Å². The van der Waals surface area contributed by atoms with Crippen molar-refractivity contribution < 1.29 is 4.42 Å². The largest absolute Gasteiger partial charge is 0.455 e. The fourth-order valence-corrected chi connectivity index (χ4v) is 8.55. The van der Waals surface area contributed by atoms with Crippen LogP contribution in [0, 0.1) is 0 Å². The number of hydrogen-bond acceptors (Lipinski definition) is 2. The Morgan fingerprint density at radius 2 is 0.864 bits per heavy atom. The predicted molar refractivity (Wildman–Crippen MR) is 190 cm³/mol. The molecular weight excluding hydrogens is 553 g/mol. The molecule has 8 aromatic carbocycles. The molecule has 44 heavy (non-hydrogen) atoms. The standard InChI is InChI=1S/C42H24OS/c1-2-12-26-25(11-1)23-24-32-31-18-9-20-35(42(31)43-41(26)32)39-29-15-5-3-13-27(29)38(28-14-4-6-16-30(28)39)34-19-10-22-37-40(34)33-17-7-8-21-36(33)44-37/h1-24H. The Labute approximate surface area is 257 Å². The number of rotatable bonds is 2. The fourth-order valence-electron chi connectivity index (χ4n) is 7.41. The molecule has 0 spiro atoms. The summed E-state index contributed by atoms with van der Waals surface area (Å²) in [6.45, 7) is 0. The van der Waals surface area contributed by atoms with E-state index in [1.165, 1.54) is 63.8 Å². The zero-order valence-corrected chi connectivity index (χ0v) is 24.5. The van der Waals surface area contributed by atoms with Crippen LogP contribution >= 0.6 is 11.3 Å². The SMILES string of the molecule is c1ccc2c(c1)ccc1c3cccc(-c4c5ccccc5c(-c5cccc6sc7ccccc7c56)c5ccccc45)c3oc21. The number of benzene rings is 8. The lowest BCUT2D eigenvalue weighted by molar-refractivity contribution is 0.674. The Kier molecular flexibility index (Phi) is 4.94. The summed E-state index contributed by atoms with van der Waals surface area (Å²) in [5.41, 5.74) is 6.81. The Balaban J connectivity index is 1.37. The second-order valence-electron chi connectivity index (χ2n) is 11.6. The molecule has 0 aliphatic rings. The summed E-state index contributed by atoms with van der Waals surface area (Å²) in [7, 11) is 0. The van der Waals surface area contributed by atoms with Crippen molar-refractivity contribution in [3.05, 3.63) is 146 Å². The lowest BCUT2D eigenvalue weighted by Crippen LogP contribution is -1.91. The van der Waals surface area contributed by atoms with Crippen molar-refractivity contribution in [3.63, 3.8) is 0 Å². The third kappa shape index (κ3) is 3.23. The summed E-state index contributed by atoms with van der Waals surface area (Å²) in [6.07, 6.45) is 0. The molecule has 0 atom stereocenters. The molecule has 0 aliphatic carbocycles. The predicted octanol–water partition coefficient (Wildman–Crippen LogP) is 12.7. The van der Waals surface area contributed by atoms with E-state index >= 15 is 0 Å². The van der Waals surface area contributed by atoms with Gasteiger partial charge in [-0.1, -0.05) is 127 Å². The summed E-state index contributed by atoms with van der Waals surface area (Å²) < 4.78 is 9.50. The zero-order valence-electron chi connectivity index (χ0n) is 23.7. The average molecular weight is 577 g/mol. The highest BCUT2D eigenvalue weighted by molar-refractivity contribution is 7.25. The van der Waals surface area contributed by atoms with E-state index in [9.17, 15) is 0 Å². The lowest BCUT2D eigenvalue weighted by Gasteiger charge is -2.18. The van der Waals surface area contributed by atoms with Crippen LogP contribution < -0.4 is 0 Å². The Morgan fingerprint density at radius 3 is 1.61 bits per heavy atom. The molecule has 0 fully saturated rings. The van der Waals surface area contributed by atoms with Crippen LogP contribution in [-0.4, -0.2) is 0 Å². The van der Waals surface area contributed by atoms with Crippen LogP contribution in [0.1, 0.15) is 0 Å². The number of para-hydroxylation sites is 1. The minimum absolute atomic E-state index is 0.938. The summed E-state index contributed by atoms with van der Waals surface area (Å²) in [6, 6.07) is 52.9. The van der Waals surface area contributed by atoms with Gasteiger partial charge in [-0.05, 0) is 56.3 Å². The molecule has 2 aromatic heterocycles. The van der Waals surface area contributed by atoms with Crippen LogP contribution in [0.3, 0.4) is 0 Å². The molecule has 0 aliphatic heterocycles. The maximum Gasteiger partial charge on any atom is 0.143 e. The third-order valence-electron chi connectivity index (χ3n) is 9.26. The maximum absolute atomic E-state index is 6.86. The van der Waals surface area contributed by atoms with Gasteiger partial charge in [0.1, 0.15) is 11.2 Å². The first-order chi connectivity index (χ1) is 21.8. The second-order valence-corrected chi connectivity index (χ2v) is 12.6. The van der Waals surface area contributed by atoms with Gasteiger partial charge in [-0.3, -0.25) is 0 Å².